The molecule has 3 nitrogen and oxygen atoms in total. The molecule has 1 aliphatic rings. The van der Waals surface area contributed by atoms with Gasteiger partial charge < -0.3 is 14.2 Å². The minimum Gasteiger partial charge on any atom is -0.494 e. The van der Waals surface area contributed by atoms with Crippen LogP contribution in [0.2, 0.25) is 0 Å². The van der Waals surface area contributed by atoms with Crippen molar-refractivity contribution in [2.24, 2.45) is 0 Å². The Bertz CT molecular complexity index is 333. The maximum Gasteiger partial charge on any atom is 0.157 e. The number of hydrogen-bond acceptors (Lipinski definition) is 3. The van der Waals surface area contributed by atoms with Crippen molar-refractivity contribution in [2.45, 2.75) is 51.2 Å². The Morgan fingerprint density at radius 3 is 2.25 bits per heavy atom. The van der Waals surface area contributed by atoms with E-state index in [1.54, 1.807) is 0 Å². The first-order valence-electron chi connectivity index (χ1n) is 7.86. The van der Waals surface area contributed by atoms with Crippen molar-refractivity contribution in [1.82, 2.24) is 0 Å². The van der Waals surface area contributed by atoms with Crippen molar-refractivity contribution in [1.29, 1.82) is 0 Å². The van der Waals surface area contributed by atoms with Crippen LogP contribution in [-0.4, -0.2) is 26.1 Å². The monoisotopic (exact) mass is 278 g/mol. The van der Waals surface area contributed by atoms with Crippen molar-refractivity contribution < 1.29 is 14.2 Å². The summed E-state index contributed by atoms with van der Waals surface area (Å²) in [5, 5.41) is 0. The van der Waals surface area contributed by atoms with Crippen LogP contribution in [0.25, 0.3) is 0 Å². The molecule has 0 radical (unpaired) electrons. The summed E-state index contributed by atoms with van der Waals surface area (Å²) in [6.45, 7) is 2.37. The second-order valence-corrected chi connectivity index (χ2v) is 5.24. The summed E-state index contributed by atoms with van der Waals surface area (Å²) in [5.74, 6) is 0.976. The van der Waals surface area contributed by atoms with Gasteiger partial charge in [-0.2, -0.15) is 0 Å². The zero-order valence-corrected chi connectivity index (χ0v) is 12.3. The Hall–Kier alpha value is -1.06. The van der Waals surface area contributed by atoms with Crippen molar-refractivity contribution >= 4 is 0 Å². The van der Waals surface area contributed by atoms with Crippen LogP contribution in [0, 0.1) is 0 Å². The number of benzene rings is 1. The maximum atomic E-state index is 5.67. The van der Waals surface area contributed by atoms with Gasteiger partial charge >= 0.3 is 0 Å². The van der Waals surface area contributed by atoms with E-state index in [4.69, 9.17) is 14.2 Å². The molecule has 0 bridgehead atoms. The standard InChI is InChI=1S/C17H26O3/c1(3-8-12-17-19-14-15-20-17)2-4-9-13-18-16-10-6-5-7-11-16/h5-7,10-11,17H,1-4,8-9,12-15H2. The van der Waals surface area contributed by atoms with Crippen LogP contribution in [0.1, 0.15) is 44.9 Å². The van der Waals surface area contributed by atoms with Crippen LogP contribution in [0.15, 0.2) is 30.3 Å². The van der Waals surface area contributed by atoms with Gasteiger partial charge in [0.15, 0.2) is 6.29 Å². The molecule has 1 aliphatic heterocycles. The minimum absolute atomic E-state index is 0.0780. The molecule has 112 valence electrons. The van der Waals surface area contributed by atoms with Gasteiger partial charge in [-0.25, -0.2) is 0 Å². The van der Waals surface area contributed by atoms with Crippen LogP contribution in [0.5, 0.6) is 5.75 Å². The molecule has 0 aliphatic carbocycles. The summed E-state index contributed by atoms with van der Waals surface area (Å²) in [4.78, 5) is 0. The summed E-state index contributed by atoms with van der Waals surface area (Å²) in [6.07, 6.45) is 8.62. The molecule has 1 aromatic carbocycles. The van der Waals surface area contributed by atoms with Gasteiger partial charge in [0.2, 0.25) is 0 Å². The Morgan fingerprint density at radius 2 is 1.50 bits per heavy atom. The molecule has 1 aromatic rings. The van der Waals surface area contributed by atoms with Crippen molar-refractivity contribution in [3.63, 3.8) is 0 Å². The van der Waals surface area contributed by atoms with Gasteiger partial charge in [-0.1, -0.05) is 43.9 Å². The topological polar surface area (TPSA) is 27.7 Å². The molecular formula is C17H26O3. The predicted molar refractivity (Wildman–Crippen MR) is 79.9 cm³/mol. The number of unbranched alkanes of at least 4 members (excludes halogenated alkanes) is 5. The lowest BCUT2D eigenvalue weighted by Crippen LogP contribution is -2.06. The number of hydrogen-bond donors (Lipinski definition) is 0. The molecule has 0 aromatic heterocycles. The van der Waals surface area contributed by atoms with Crippen molar-refractivity contribution in [3.8, 4) is 5.75 Å². The molecule has 2 rings (SSSR count). The summed E-state index contributed by atoms with van der Waals surface area (Å²) in [7, 11) is 0. The van der Waals surface area contributed by atoms with E-state index in [-0.39, 0.29) is 6.29 Å². The van der Waals surface area contributed by atoms with E-state index >= 15 is 0 Å². The largest absolute Gasteiger partial charge is 0.494 e. The highest BCUT2D eigenvalue weighted by Gasteiger charge is 2.14. The Labute approximate surface area is 122 Å². The molecule has 0 spiro atoms. The molecule has 0 amide bonds. The number of ether oxygens (including phenoxy) is 3. The summed E-state index contributed by atoms with van der Waals surface area (Å²) in [6, 6.07) is 10.0. The summed E-state index contributed by atoms with van der Waals surface area (Å²) >= 11 is 0. The van der Waals surface area contributed by atoms with Crippen molar-refractivity contribution in [2.75, 3.05) is 19.8 Å². The fraction of sp³-hybridized carbons (Fsp3) is 0.647. The van der Waals surface area contributed by atoms with Gasteiger partial charge in [0.25, 0.3) is 0 Å². The van der Waals surface area contributed by atoms with E-state index in [1.807, 2.05) is 30.3 Å². The molecule has 0 saturated carbocycles. The molecule has 1 heterocycles. The molecule has 20 heavy (non-hydrogen) atoms. The maximum absolute atomic E-state index is 5.67. The zero-order valence-electron chi connectivity index (χ0n) is 12.3. The van der Waals surface area contributed by atoms with E-state index in [0.29, 0.717) is 0 Å². The highest BCUT2D eigenvalue weighted by atomic mass is 16.7. The summed E-state index contributed by atoms with van der Waals surface area (Å²) < 4.78 is 16.5. The van der Waals surface area contributed by atoms with Gasteiger partial charge in [0, 0.05) is 0 Å². The van der Waals surface area contributed by atoms with Crippen LogP contribution < -0.4 is 4.74 Å². The predicted octanol–water partition coefficient (Wildman–Crippen LogP) is 4.17. The third-order valence-corrected chi connectivity index (χ3v) is 3.54. The summed E-state index contributed by atoms with van der Waals surface area (Å²) in [5.41, 5.74) is 0. The Kier molecular flexibility index (Phi) is 7.50. The van der Waals surface area contributed by atoms with E-state index in [1.165, 1.54) is 32.1 Å². The average Bonchev–Trinajstić information content (AvgIpc) is 3.00. The average molecular weight is 278 g/mol. The molecule has 1 fully saturated rings. The van der Waals surface area contributed by atoms with Gasteiger partial charge in [-0.05, 0) is 31.4 Å². The van der Waals surface area contributed by atoms with E-state index < -0.39 is 0 Å². The van der Waals surface area contributed by atoms with Gasteiger partial charge in [-0.15, -0.1) is 0 Å². The Balaban J connectivity index is 1.35. The highest BCUT2D eigenvalue weighted by Crippen LogP contribution is 2.14. The van der Waals surface area contributed by atoms with E-state index in [0.717, 1.165) is 38.4 Å². The Morgan fingerprint density at radius 1 is 0.850 bits per heavy atom. The SMILES string of the molecule is c1ccc(OCCCCCCCCC2OCCO2)cc1. The lowest BCUT2D eigenvalue weighted by atomic mass is 10.1. The molecule has 0 N–H and O–H groups in total. The lowest BCUT2D eigenvalue weighted by Gasteiger charge is -2.08. The molecule has 0 atom stereocenters. The van der Waals surface area contributed by atoms with E-state index in [9.17, 15) is 0 Å². The third kappa shape index (κ3) is 6.40. The molecule has 3 heteroatoms. The molecular weight excluding hydrogens is 252 g/mol. The van der Waals surface area contributed by atoms with Crippen LogP contribution >= 0.6 is 0 Å². The highest BCUT2D eigenvalue weighted by molar-refractivity contribution is 5.20. The van der Waals surface area contributed by atoms with E-state index in [2.05, 4.69) is 0 Å². The van der Waals surface area contributed by atoms with Gasteiger partial charge in [-0.3, -0.25) is 0 Å². The van der Waals surface area contributed by atoms with Crippen LogP contribution in [-0.2, 0) is 9.47 Å². The first-order valence-corrected chi connectivity index (χ1v) is 7.86. The first-order chi connectivity index (χ1) is 9.95. The number of rotatable bonds is 10. The quantitative estimate of drug-likeness (QED) is 0.601. The minimum atomic E-state index is 0.0780. The lowest BCUT2D eigenvalue weighted by molar-refractivity contribution is -0.0480. The van der Waals surface area contributed by atoms with Crippen LogP contribution in [0.3, 0.4) is 0 Å². The fourth-order valence-corrected chi connectivity index (χ4v) is 2.40. The van der Waals surface area contributed by atoms with Gasteiger partial charge in [0.05, 0.1) is 19.8 Å². The molecule has 0 unspecified atom stereocenters. The van der Waals surface area contributed by atoms with Crippen LogP contribution in [0.4, 0.5) is 0 Å². The fourth-order valence-electron chi connectivity index (χ4n) is 2.40. The smallest absolute Gasteiger partial charge is 0.157 e. The number of para-hydroxylation sites is 1. The normalized spacial score (nSPS) is 15.6. The third-order valence-electron chi connectivity index (χ3n) is 3.54. The second kappa shape index (κ2) is 9.78. The second-order valence-electron chi connectivity index (χ2n) is 5.24. The zero-order chi connectivity index (χ0) is 13.9. The van der Waals surface area contributed by atoms with Crippen molar-refractivity contribution in [3.05, 3.63) is 30.3 Å². The first kappa shape index (κ1) is 15.3. The molecule has 1 saturated heterocycles. The van der Waals surface area contributed by atoms with Gasteiger partial charge in [0.1, 0.15) is 5.75 Å².